The van der Waals surface area contributed by atoms with Crippen molar-refractivity contribution in [3.8, 4) is 0 Å². The Morgan fingerprint density at radius 3 is 2.50 bits per heavy atom. The Morgan fingerprint density at radius 2 is 2.12 bits per heavy atom. The molecule has 0 spiro atoms. The van der Waals surface area contributed by atoms with Crippen molar-refractivity contribution in [2.75, 3.05) is 6.61 Å². The van der Waals surface area contributed by atoms with Crippen molar-refractivity contribution in [3.05, 3.63) is 0 Å². The molecule has 2 atom stereocenters. The Bertz CT molecular complexity index is 66.1. The zero-order valence-corrected chi connectivity index (χ0v) is 4.58. The van der Waals surface area contributed by atoms with E-state index >= 15 is 0 Å². The first kappa shape index (κ1) is 6.01. The van der Waals surface area contributed by atoms with E-state index in [0.717, 1.165) is 0 Å². The fraction of sp³-hybridized carbons (Fsp3) is 1.00. The van der Waals surface area contributed by atoms with Crippen LogP contribution in [-0.2, 0) is 4.74 Å². The second-order valence-corrected chi connectivity index (χ2v) is 2.00. The maximum Gasteiger partial charge on any atom is 0.156 e. The Morgan fingerprint density at radius 1 is 1.38 bits per heavy atom. The highest BCUT2D eigenvalue weighted by Gasteiger charge is 2.17. The van der Waals surface area contributed by atoms with Gasteiger partial charge in [-0.25, -0.2) is 0 Å². The van der Waals surface area contributed by atoms with E-state index in [1.807, 2.05) is 0 Å². The predicted octanol–water partition coefficient (Wildman–Crippen LogP) is -0.524. The van der Waals surface area contributed by atoms with Gasteiger partial charge < -0.3 is 14.9 Å². The molecular weight excluding hydrogens is 108 g/mol. The van der Waals surface area contributed by atoms with Crippen LogP contribution in [0.15, 0.2) is 0 Å². The maximum atomic E-state index is 8.84. The molecule has 1 rings (SSSR count). The van der Waals surface area contributed by atoms with Crippen molar-refractivity contribution >= 4 is 0 Å². The van der Waals surface area contributed by atoms with E-state index < -0.39 is 6.29 Å². The summed E-state index contributed by atoms with van der Waals surface area (Å²) in [6.45, 7) is 0.475. The quantitative estimate of drug-likeness (QED) is 0.450. The molecule has 0 bridgehead atoms. The number of hydrogen-bond donors (Lipinski definition) is 2. The van der Waals surface area contributed by atoms with E-state index in [0.29, 0.717) is 19.4 Å². The standard InChI is InChI=1S/C5H10O3/c6-4-1-2-8-5(7)3-4/h4-7H,1-3H2/t4?,5-/m1/s1. The van der Waals surface area contributed by atoms with Gasteiger partial charge in [-0.1, -0.05) is 0 Å². The van der Waals surface area contributed by atoms with Crippen molar-refractivity contribution in [1.82, 2.24) is 0 Å². The van der Waals surface area contributed by atoms with Gasteiger partial charge in [-0.05, 0) is 6.42 Å². The summed E-state index contributed by atoms with van der Waals surface area (Å²) in [6.07, 6.45) is -0.0886. The average Bonchev–Trinajstić information content (AvgIpc) is 1.64. The Hall–Kier alpha value is -0.120. The summed E-state index contributed by atoms with van der Waals surface area (Å²) in [6, 6.07) is 0. The highest BCUT2D eigenvalue weighted by atomic mass is 16.6. The van der Waals surface area contributed by atoms with Crippen LogP contribution in [0.4, 0.5) is 0 Å². The third kappa shape index (κ3) is 1.43. The summed E-state index contributed by atoms with van der Waals surface area (Å²) in [4.78, 5) is 0. The fourth-order valence-corrected chi connectivity index (χ4v) is 0.759. The Labute approximate surface area is 47.9 Å². The van der Waals surface area contributed by atoms with Crippen LogP contribution in [0.1, 0.15) is 12.8 Å². The highest BCUT2D eigenvalue weighted by Crippen LogP contribution is 2.10. The molecule has 0 saturated carbocycles. The van der Waals surface area contributed by atoms with Gasteiger partial charge in [0.25, 0.3) is 0 Å². The van der Waals surface area contributed by atoms with Gasteiger partial charge in [0.1, 0.15) is 0 Å². The molecular formula is C5H10O3. The molecule has 48 valence electrons. The van der Waals surface area contributed by atoms with E-state index in [4.69, 9.17) is 14.9 Å². The third-order valence-corrected chi connectivity index (χ3v) is 1.24. The normalized spacial score (nSPS) is 39.8. The smallest absolute Gasteiger partial charge is 0.156 e. The SMILES string of the molecule is OC1CCO[C@@H](O)C1. The third-order valence-electron chi connectivity index (χ3n) is 1.24. The molecule has 1 heterocycles. The van der Waals surface area contributed by atoms with Crippen molar-refractivity contribution in [1.29, 1.82) is 0 Å². The lowest BCUT2D eigenvalue weighted by atomic mass is 10.1. The van der Waals surface area contributed by atoms with Gasteiger partial charge in [0.2, 0.25) is 0 Å². The first-order valence-electron chi connectivity index (χ1n) is 2.77. The molecule has 0 aliphatic carbocycles. The number of hydrogen-bond acceptors (Lipinski definition) is 3. The lowest BCUT2D eigenvalue weighted by Crippen LogP contribution is -2.28. The molecule has 0 aromatic heterocycles. The summed E-state index contributed by atoms with van der Waals surface area (Å²) in [5.74, 6) is 0. The fourth-order valence-electron chi connectivity index (χ4n) is 0.759. The van der Waals surface area contributed by atoms with Crippen molar-refractivity contribution < 1.29 is 14.9 Å². The molecule has 0 aromatic carbocycles. The molecule has 1 aliphatic heterocycles. The van der Waals surface area contributed by atoms with Crippen molar-refractivity contribution in [3.63, 3.8) is 0 Å². The number of ether oxygens (including phenoxy) is 1. The van der Waals surface area contributed by atoms with Crippen LogP contribution in [0.2, 0.25) is 0 Å². The van der Waals surface area contributed by atoms with Crippen LogP contribution in [0.3, 0.4) is 0 Å². The monoisotopic (exact) mass is 118 g/mol. The summed E-state index contributed by atoms with van der Waals surface area (Å²) >= 11 is 0. The van der Waals surface area contributed by atoms with Crippen LogP contribution in [0.25, 0.3) is 0 Å². The predicted molar refractivity (Wildman–Crippen MR) is 27.2 cm³/mol. The number of rotatable bonds is 0. The molecule has 3 nitrogen and oxygen atoms in total. The number of aliphatic hydroxyl groups is 2. The van der Waals surface area contributed by atoms with Gasteiger partial charge in [-0.2, -0.15) is 0 Å². The van der Waals surface area contributed by atoms with E-state index in [1.165, 1.54) is 0 Å². The van der Waals surface area contributed by atoms with E-state index in [-0.39, 0.29) is 6.10 Å². The van der Waals surface area contributed by atoms with E-state index in [2.05, 4.69) is 0 Å². The molecule has 0 radical (unpaired) electrons. The molecule has 1 aliphatic rings. The topological polar surface area (TPSA) is 49.7 Å². The summed E-state index contributed by atoms with van der Waals surface area (Å²) < 4.78 is 4.74. The first-order valence-corrected chi connectivity index (χ1v) is 2.77. The van der Waals surface area contributed by atoms with Crippen LogP contribution < -0.4 is 0 Å². The molecule has 2 N–H and O–H groups in total. The Kier molecular flexibility index (Phi) is 1.83. The molecule has 0 amide bonds. The largest absolute Gasteiger partial charge is 0.393 e. The van der Waals surface area contributed by atoms with Gasteiger partial charge in [-0.15, -0.1) is 0 Å². The zero-order chi connectivity index (χ0) is 5.98. The lowest BCUT2D eigenvalue weighted by molar-refractivity contribution is -0.152. The lowest BCUT2D eigenvalue weighted by Gasteiger charge is -2.21. The second-order valence-electron chi connectivity index (χ2n) is 2.00. The van der Waals surface area contributed by atoms with Crippen LogP contribution in [-0.4, -0.2) is 29.2 Å². The second kappa shape index (κ2) is 2.44. The minimum absolute atomic E-state index is 0.361. The van der Waals surface area contributed by atoms with Crippen molar-refractivity contribution in [2.45, 2.75) is 25.2 Å². The minimum Gasteiger partial charge on any atom is -0.393 e. The maximum absolute atomic E-state index is 8.84. The minimum atomic E-state index is -0.737. The van der Waals surface area contributed by atoms with Gasteiger partial charge in [-0.3, -0.25) is 0 Å². The summed E-state index contributed by atoms with van der Waals surface area (Å²) in [7, 11) is 0. The van der Waals surface area contributed by atoms with Gasteiger partial charge in [0, 0.05) is 6.42 Å². The van der Waals surface area contributed by atoms with Crippen LogP contribution >= 0.6 is 0 Å². The van der Waals surface area contributed by atoms with E-state index in [9.17, 15) is 0 Å². The summed E-state index contributed by atoms with van der Waals surface area (Å²) in [5, 5.41) is 17.5. The molecule has 1 saturated heterocycles. The van der Waals surface area contributed by atoms with Crippen molar-refractivity contribution in [2.24, 2.45) is 0 Å². The first-order chi connectivity index (χ1) is 3.79. The van der Waals surface area contributed by atoms with Gasteiger partial charge in [0.05, 0.1) is 12.7 Å². The Balaban J connectivity index is 2.23. The van der Waals surface area contributed by atoms with Crippen LogP contribution in [0, 0.1) is 0 Å². The molecule has 3 heteroatoms. The molecule has 1 unspecified atom stereocenters. The zero-order valence-electron chi connectivity index (χ0n) is 4.58. The van der Waals surface area contributed by atoms with Gasteiger partial charge >= 0.3 is 0 Å². The highest BCUT2D eigenvalue weighted by molar-refractivity contribution is 4.61. The number of aliphatic hydroxyl groups excluding tert-OH is 2. The van der Waals surface area contributed by atoms with Gasteiger partial charge in [0.15, 0.2) is 6.29 Å². The molecule has 0 aromatic rings. The van der Waals surface area contributed by atoms with Crippen LogP contribution in [0.5, 0.6) is 0 Å². The molecule has 1 fully saturated rings. The van der Waals surface area contributed by atoms with E-state index in [1.54, 1.807) is 0 Å². The molecule has 8 heavy (non-hydrogen) atoms. The average molecular weight is 118 g/mol. The summed E-state index contributed by atoms with van der Waals surface area (Å²) in [5.41, 5.74) is 0.